The van der Waals surface area contributed by atoms with Crippen LogP contribution in [-0.2, 0) is 6.42 Å². The molecule has 0 spiro atoms. The van der Waals surface area contributed by atoms with E-state index >= 15 is 0 Å². The van der Waals surface area contributed by atoms with E-state index in [4.69, 9.17) is 5.73 Å². The van der Waals surface area contributed by atoms with Crippen molar-refractivity contribution in [3.63, 3.8) is 0 Å². The topological polar surface area (TPSA) is 29.3 Å². The third-order valence-electron chi connectivity index (χ3n) is 2.68. The smallest absolute Gasteiger partial charge is 0.00975 e. The van der Waals surface area contributed by atoms with Gasteiger partial charge in [0.2, 0.25) is 0 Å². The van der Waals surface area contributed by atoms with Gasteiger partial charge in [0, 0.05) is 17.0 Å². The van der Waals surface area contributed by atoms with Gasteiger partial charge in [-0.3, -0.25) is 0 Å². The second-order valence-electron chi connectivity index (χ2n) is 5.22. The molecule has 1 heterocycles. The van der Waals surface area contributed by atoms with Gasteiger partial charge < -0.3 is 10.6 Å². The van der Waals surface area contributed by atoms with Gasteiger partial charge in [-0.25, -0.2) is 0 Å². The molecule has 0 unspecified atom stereocenters. The summed E-state index contributed by atoms with van der Waals surface area (Å²) in [6.07, 6.45) is 3.45. The van der Waals surface area contributed by atoms with Crippen LogP contribution in [0.3, 0.4) is 0 Å². The van der Waals surface area contributed by atoms with E-state index in [1.807, 2.05) is 11.3 Å². The molecule has 16 heavy (non-hydrogen) atoms. The number of nitrogens with zero attached hydrogens (tertiary/aromatic N) is 1. The summed E-state index contributed by atoms with van der Waals surface area (Å²) < 4.78 is 0. The van der Waals surface area contributed by atoms with Crippen LogP contribution in [0, 0.1) is 0 Å². The predicted octanol–water partition coefficient (Wildman–Crippen LogP) is 2.74. The Morgan fingerprint density at radius 3 is 2.69 bits per heavy atom. The Hall–Kier alpha value is -0.380. The summed E-state index contributed by atoms with van der Waals surface area (Å²) in [4.78, 5) is 3.87. The molecular weight excluding hydrogens is 216 g/mol. The van der Waals surface area contributed by atoms with E-state index in [9.17, 15) is 0 Å². The SMILES string of the molecule is CN(CCCC(C)(C)N)CCc1cccs1. The van der Waals surface area contributed by atoms with Crippen molar-refractivity contribution < 1.29 is 0 Å². The Morgan fingerprint density at radius 1 is 1.38 bits per heavy atom. The zero-order valence-electron chi connectivity index (χ0n) is 10.7. The number of nitrogens with two attached hydrogens (primary N) is 1. The molecule has 0 amide bonds. The van der Waals surface area contributed by atoms with Crippen LogP contribution in [0.5, 0.6) is 0 Å². The highest BCUT2D eigenvalue weighted by Gasteiger charge is 2.10. The Labute approximate surface area is 103 Å². The van der Waals surface area contributed by atoms with Gasteiger partial charge in [-0.2, -0.15) is 0 Å². The van der Waals surface area contributed by atoms with Crippen LogP contribution in [0.4, 0.5) is 0 Å². The van der Waals surface area contributed by atoms with Gasteiger partial charge in [0.25, 0.3) is 0 Å². The lowest BCUT2D eigenvalue weighted by Crippen LogP contribution is -2.33. The summed E-state index contributed by atoms with van der Waals surface area (Å²) >= 11 is 1.85. The van der Waals surface area contributed by atoms with Crippen LogP contribution < -0.4 is 5.73 Å². The van der Waals surface area contributed by atoms with Crippen molar-refractivity contribution in [3.05, 3.63) is 22.4 Å². The molecule has 1 rings (SSSR count). The standard InChI is InChI=1S/C13H24N2S/c1-13(2,14)8-5-9-15(3)10-7-12-6-4-11-16-12/h4,6,11H,5,7-10,14H2,1-3H3. The molecule has 2 N–H and O–H groups in total. The molecule has 2 nitrogen and oxygen atoms in total. The van der Waals surface area contributed by atoms with Crippen LogP contribution in [0.25, 0.3) is 0 Å². The maximum atomic E-state index is 5.96. The Kier molecular flexibility index (Phi) is 5.46. The van der Waals surface area contributed by atoms with Gasteiger partial charge >= 0.3 is 0 Å². The molecule has 0 aliphatic rings. The second kappa shape index (κ2) is 6.38. The average Bonchev–Trinajstić information content (AvgIpc) is 2.65. The first kappa shape index (κ1) is 13.7. The van der Waals surface area contributed by atoms with E-state index in [2.05, 4.69) is 43.3 Å². The second-order valence-corrected chi connectivity index (χ2v) is 6.26. The molecule has 0 aromatic carbocycles. The van der Waals surface area contributed by atoms with E-state index in [1.54, 1.807) is 0 Å². The summed E-state index contributed by atoms with van der Waals surface area (Å²) in [5.41, 5.74) is 5.94. The van der Waals surface area contributed by atoms with E-state index < -0.39 is 0 Å². The third kappa shape index (κ3) is 6.26. The third-order valence-corrected chi connectivity index (χ3v) is 3.62. The van der Waals surface area contributed by atoms with Gasteiger partial charge in [0.1, 0.15) is 0 Å². The maximum Gasteiger partial charge on any atom is 0.00975 e. The summed E-state index contributed by atoms with van der Waals surface area (Å²) in [6, 6.07) is 4.33. The van der Waals surface area contributed by atoms with Crippen LogP contribution in [-0.4, -0.2) is 30.6 Å². The molecule has 0 saturated heterocycles. The predicted molar refractivity (Wildman–Crippen MR) is 73.0 cm³/mol. The number of hydrogen-bond acceptors (Lipinski definition) is 3. The zero-order chi connectivity index (χ0) is 12.0. The fourth-order valence-electron chi connectivity index (χ4n) is 1.67. The number of rotatable bonds is 7. The average molecular weight is 240 g/mol. The minimum atomic E-state index is -0.0193. The summed E-state index contributed by atoms with van der Waals surface area (Å²) in [5, 5.41) is 2.15. The van der Waals surface area contributed by atoms with E-state index in [-0.39, 0.29) is 5.54 Å². The molecule has 0 saturated carbocycles. The van der Waals surface area contributed by atoms with Crippen molar-refractivity contribution in [1.82, 2.24) is 4.90 Å². The van der Waals surface area contributed by atoms with Crippen molar-refractivity contribution in [1.29, 1.82) is 0 Å². The summed E-state index contributed by atoms with van der Waals surface area (Å²) in [7, 11) is 2.19. The molecule has 1 aromatic heterocycles. The quantitative estimate of drug-likeness (QED) is 0.794. The highest BCUT2D eigenvalue weighted by Crippen LogP contribution is 2.10. The first-order chi connectivity index (χ1) is 7.47. The minimum absolute atomic E-state index is 0.0193. The van der Waals surface area contributed by atoms with Gasteiger partial charge in [0.05, 0.1) is 0 Å². The molecule has 0 fully saturated rings. The van der Waals surface area contributed by atoms with Crippen molar-refractivity contribution in [2.75, 3.05) is 20.1 Å². The first-order valence-electron chi connectivity index (χ1n) is 5.97. The molecule has 0 aliphatic heterocycles. The van der Waals surface area contributed by atoms with Gasteiger partial charge in [-0.15, -0.1) is 11.3 Å². The normalized spacial score (nSPS) is 12.3. The molecular formula is C13H24N2S. The fraction of sp³-hybridized carbons (Fsp3) is 0.692. The lowest BCUT2D eigenvalue weighted by molar-refractivity contribution is 0.313. The molecule has 3 heteroatoms. The molecule has 0 radical (unpaired) electrons. The largest absolute Gasteiger partial charge is 0.326 e. The first-order valence-corrected chi connectivity index (χ1v) is 6.85. The molecule has 0 aliphatic carbocycles. The monoisotopic (exact) mass is 240 g/mol. The van der Waals surface area contributed by atoms with Crippen LogP contribution in [0.15, 0.2) is 17.5 Å². The maximum absolute atomic E-state index is 5.96. The van der Waals surface area contributed by atoms with Crippen molar-refractivity contribution in [3.8, 4) is 0 Å². The lowest BCUT2D eigenvalue weighted by atomic mass is 10.0. The van der Waals surface area contributed by atoms with Crippen molar-refractivity contribution in [2.24, 2.45) is 5.73 Å². The number of thiophene rings is 1. The Morgan fingerprint density at radius 2 is 2.12 bits per heavy atom. The Balaban J connectivity index is 2.09. The van der Waals surface area contributed by atoms with Crippen molar-refractivity contribution in [2.45, 2.75) is 38.6 Å². The molecule has 0 bridgehead atoms. The Bertz CT molecular complexity index is 275. The van der Waals surface area contributed by atoms with Crippen LogP contribution >= 0.6 is 11.3 Å². The van der Waals surface area contributed by atoms with Crippen LogP contribution in [0.2, 0.25) is 0 Å². The molecule has 1 aromatic rings. The highest BCUT2D eigenvalue weighted by molar-refractivity contribution is 7.09. The molecule has 0 atom stereocenters. The van der Waals surface area contributed by atoms with Crippen LogP contribution in [0.1, 0.15) is 31.6 Å². The van der Waals surface area contributed by atoms with Crippen molar-refractivity contribution >= 4 is 11.3 Å². The van der Waals surface area contributed by atoms with Gasteiger partial charge in [-0.05, 0) is 58.1 Å². The number of likely N-dealkylation sites (N-methyl/N-ethyl adjacent to an activating group) is 1. The van der Waals surface area contributed by atoms with Gasteiger partial charge in [0.15, 0.2) is 0 Å². The van der Waals surface area contributed by atoms with E-state index in [0.717, 1.165) is 19.5 Å². The fourth-order valence-corrected chi connectivity index (χ4v) is 2.37. The minimum Gasteiger partial charge on any atom is -0.326 e. The highest BCUT2D eigenvalue weighted by atomic mass is 32.1. The molecule has 92 valence electrons. The summed E-state index contributed by atoms with van der Waals surface area (Å²) in [5.74, 6) is 0. The zero-order valence-corrected chi connectivity index (χ0v) is 11.5. The van der Waals surface area contributed by atoms with Gasteiger partial charge in [-0.1, -0.05) is 6.07 Å². The lowest BCUT2D eigenvalue weighted by Gasteiger charge is -2.21. The summed E-state index contributed by atoms with van der Waals surface area (Å²) in [6.45, 7) is 6.48. The number of hydrogen-bond donors (Lipinski definition) is 1. The van der Waals surface area contributed by atoms with E-state index in [0.29, 0.717) is 0 Å². The van der Waals surface area contributed by atoms with E-state index in [1.165, 1.54) is 17.7 Å².